The maximum absolute atomic E-state index is 15.4. The number of benzene rings is 2. The van der Waals surface area contributed by atoms with Crippen molar-refractivity contribution in [3.8, 4) is 17.3 Å². The molecule has 5 rings (SSSR count). The Bertz CT molecular complexity index is 1430. The van der Waals surface area contributed by atoms with Gasteiger partial charge in [0.15, 0.2) is 5.82 Å². The molecule has 37 heavy (non-hydrogen) atoms. The standard InChI is InChI=1S/C28H29FN6O2/c1-28(16-36)9-6-19-18(14-30)12-17(13-21(19)28)22-7-10-31-27(32-22)33-23-4-5-24-20(26(23)29)8-11-35(24)25(37)15-34(2)3/h4-5,7,10,12-13,36H,6,8-9,11,15-16H2,1-3H3,(H,31,32,33). The first-order valence-corrected chi connectivity index (χ1v) is 12.3. The third kappa shape index (κ3) is 4.43. The van der Waals surface area contributed by atoms with Gasteiger partial charge < -0.3 is 20.2 Å². The lowest BCUT2D eigenvalue weighted by atomic mass is 9.83. The molecular formula is C28H29FN6O2. The van der Waals surface area contributed by atoms with E-state index in [0.29, 0.717) is 35.5 Å². The molecule has 1 atom stereocenters. The van der Waals surface area contributed by atoms with Crippen molar-refractivity contribution in [3.63, 3.8) is 0 Å². The Hall–Kier alpha value is -3.87. The molecule has 9 heteroatoms. The van der Waals surface area contributed by atoms with Crippen molar-refractivity contribution in [3.05, 3.63) is 64.6 Å². The molecule has 1 aliphatic carbocycles. The molecule has 1 amide bonds. The topological polar surface area (TPSA) is 105 Å². The van der Waals surface area contributed by atoms with E-state index < -0.39 is 11.2 Å². The molecule has 1 aromatic heterocycles. The number of nitrogens with zero attached hydrogens (tertiary/aromatic N) is 5. The Morgan fingerprint density at radius 2 is 2.08 bits per heavy atom. The predicted octanol–water partition coefficient (Wildman–Crippen LogP) is 3.54. The van der Waals surface area contributed by atoms with E-state index in [-0.39, 0.29) is 30.7 Å². The smallest absolute Gasteiger partial charge is 0.241 e. The van der Waals surface area contributed by atoms with E-state index in [0.717, 1.165) is 29.5 Å². The number of rotatable bonds is 6. The molecular weight excluding hydrogens is 471 g/mol. The molecule has 190 valence electrons. The molecule has 0 saturated heterocycles. The monoisotopic (exact) mass is 500 g/mol. The van der Waals surface area contributed by atoms with Crippen LogP contribution in [0.2, 0.25) is 0 Å². The van der Waals surface area contributed by atoms with Gasteiger partial charge in [0.2, 0.25) is 11.9 Å². The number of halogens is 1. The molecule has 0 bridgehead atoms. The molecule has 8 nitrogen and oxygen atoms in total. The lowest BCUT2D eigenvalue weighted by Gasteiger charge is -2.23. The van der Waals surface area contributed by atoms with Gasteiger partial charge in [-0.1, -0.05) is 6.92 Å². The lowest BCUT2D eigenvalue weighted by Crippen LogP contribution is -2.36. The van der Waals surface area contributed by atoms with Gasteiger partial charge in [-0.3, -0.25) is 4.79 Å². The Kier molecular flexibility index (Phi) is 6.40. The largest absolute Gasteiger partial charge is 0.395 e. The van der Waals surface area contributed by atoms with E-state index in [1.165, 1.54) is 0 Å². The number of fused-ring (bicyclic) bond motifs is 2. The molecule has 1 aliphatic heterocycles. The summed E-state index contributed by atoms with van der Waals surface area (Å²) in [5, 5.41) is 22.7. The van der Waals surface area contributed by atoms with Crippen molar-refractivity contribution < 1.29 is 14.3 Å². The number of carbonyl (C=O) groups is 1. The van der Waals surface area contributed by atoms with Gasteiger partial charge in [0.1, 0.15) is 0 Å². The minimum absolute atomic E-state index is 0.000672. The van der Waals surface area contributed by atoms with Gasteiger partial charge in [0.25, 0.3) is 0 Å². The van der Waals surface area contributed by atoms with Gasteiger partial charge in [-0.25, -0.2) is 14.4 Å². The van der Waals surface area contributed by atoms with Gasteiger partial charge in [-0.2, -0.15) is 5.26 Å². The first kappa shape index (κ1) is 24.8. The summed E-state index contributed by atoms with van der Waals surface area (Å²) in [7, 11) is 3.65. The van der Waals surface area contributed by atoms with Crippen molar-refractivity contribution >= 4 is 23.2 Å². The summed E-state index contributed by atoms with van der Waals surface area (Å²) in [5.74, 6) is -0.267. The van der Waals surface area contributed by atoms with Crippen LogP contribution in [0.3, 0.4) is 0 Å². The number of nitriles is 1. The van der Waals surface area contributed by atoms with E-state index in [1.54, 1.807) is 34.2 Å². The van der Waals surface area contributed by atoms with Crippen molar-refractivity contribution in [2.45, 2.75) is 31.6 Å². The number of aliphatic hydroxyl groups excluding tert-OH is 1. The van der Waals surface area contributed by atoms with Crippen LogP contribution in [0.4, 0.5) is 21.7 Å². The number of likely N-dealkylation sites (N-methyl/N-ethyl adjacent to an activating group) is 1. The average Bonchev–Trinajstić information content (AvgIpc) is 3.47. The van der Waals surface area contributed by atoms with Crippen LogP contribution in [0.25, 0.3) is 11.3 Å². The van der Waals surface area contributed by atoms with Crippen LogP contribution in [0.5, 0.6) is 0 Å². The maximum Gasteiger partial charge on any atom is 0.241 e. The van der Waals surface area contributed by atoms with Crippen LogP contribution in [-0.2, 0) is 23.1 Å². The second kappa shape index (κ2) is 9.54. The normalized spacial score (nSPS) is 18.0. The van der Waals surface area contributed by atoms with Crippen LogP contribution in [-0.4, -0.2) is 59.7 Å². The number of carbonyl (C=O) groups excluding carboxylic acids is 1. The number of hydrogen-bond donors (Lipinski definition) is 2. The summed E-state index contributed by atoms with van der Waals surface area (Å²) in [6, 6.07) is 11.2. The summed E-state index contributed by atoms with van der Waals surface area (Å²) in [4.78, 5) is 24.8. The highest BCUT2D eigenvalue weighted by Gasteiger charge is 2.36. The minimum atomic E-state index is -0.422. The number of anilines is 3. The van der Waals surface area contributed by atoms with Crippen molar-refractivity contribution in [1.82, 2.24) is 14.9 Å². The Balaban J connectivity index is 1.44. The zero-order valence-corrected chi connectivity index (χ0v) is 21.2. The van der Waals surface area contributed by atoms with Gasteiger partial charge in [-0.05, 0) is 74.8 Å². The van der Waals surface area contributed by atoms with E-state index in [9.17, 15) is 15.2 Å². The molecule has 0 spiro atoms. The Morgan fingerprint density at radius 3 is 2.81 bits per heavy atom. The van der Waals surface area contributed by atoms with Crippen molar-refractivity contribution in [2.24, 2.45) is 0 Å². The molecule has 2 N–H and O–H groups in total. The number of amides is 1. The molecule has 2 heterocycles. The quantitative estimate of drug-likeness (QED) is 0.533. The molecule has 3 aromatic rings. The fraction of sp³-hybridized carbons (Fsp3) is 0.357. The van der Waals surface area contributed by atoms with Gasteiger partial charge in [-0.15, -0.1) is 0 Å². The highest BCUT2D eigenvalue weighted by Crippen LogP contribution is 2.42. The predicted molar refractivity (Wildman–Crippen MR) is 139 cm³/mol. The lowest BCUT2D eigenvalue weighted by molar-refractivity contribution is -0.119. The van der Waals surface area contributed by atoms with Crippen LogP contribution in [0, 0.1) is 17.1 Å². The van der Waals surface area contributed by atoms with Crippen molar-refractivity contribution in [2.75, 3.05) is 44.0 Å². The highest BCUT2D eigenvalue weighted by atomic mass is 19.1. The Labute approximate surface area is 215 Å². The second-order valence-electron chi connectivity index (χ2n) is 10.2. The Morgan fingerprint density at radius 1 is 1.27 bits per heavy atom. The first-order chi connectivity index (χ1) is 17.7. The van der Waals surface area contributed by atoms with E-state index in [2.05, 4.69) is 21.4 Å². The fourth-order valence-corrected chi connectivity index (χ4v) is 5.28. The summed E-state index contributed by atoms with van der Waals surface area (Å²) in [6.45, 7) is 2.71. The zero-order valence-electron chi connectivity index (χ0n) is 21.2. The van der Waals surface area contributed by atoms with Gasteiger partial charge in [0, 0.05) is 35.0 Å². The van der Waals surface area contributed by atoms with E-state index in [4.69, 9.17) is 0 Å². The van der Waals surface area contributed by atoms with E-state index in [1.807, 2.05) is 33.2 Å². The zero-order chi connectivity index (χ0) is 26.3. The molecule has 1 unspecified atom stereocenters. The maximum atomic E-state index is 15.4. The summed E-state index contributed by atoms with van der Waals surface area (Å²) in [6.07, 6.45) is 3.56. The molecule has 0 radical (unpaired) electrons. The second-order valence-corrected chi connectivity index (χ2v) is 10.2. The van der Waals surface area contributed by atoms with Crippen LogP contribution < -0.4 is 10.2 Å². The van der Waals surface area contributed by atoms with Gasteiger partial charge >= 0.3 is 0 Å². The number of aromatic nitrogens is 2. The number of hydrogen-bond acceptors (Lipinski definition) is 7. The number of aliphatic hydroxyl groups is 1. The summed E-state index contributed by atoms with van der Waals surface area (Å²) in [5.41, 5.74) is 4.78. The summed E-state index contributed by atoms with van der Waals surface area (Å²) >= 11 is 0. The fourth-order valence-electron chi connectivity index (χ4n) is 5.28. The molecule has 2 aromatic carbocycles. The molecule has 2 aliphatic rings. The number of nitrogens with one attached hydrogen (secondary N) is 1. The minimum Gasteiger partial charge on any atom is -0.395 e. The highest BCUT2D eigenvalue weighted by molar-refractivity contribution is 5.97. The first-order valence-electron chi connectivity index (χ1n) is 12.3. The average molecular weight is 501 g/mol. The summed E-state index contributed by atoms with van der Waals surface area (Å²) < 4.78 is 15.4. The van der Waals surface area contributed by atoms with Gasteiger partial charge in [0.05, 0.1) is 36.2 Å². The van der Waals surface area contributed by atoms with Crippen LogP contribution in [0.1, 0.15) is 35.6 Å². The van der Waals surface area contributed by atoms with Crippen molar-refractivity contribution in [1.29, 1.82) is 5.26 Å². The SMILES string of the molecule is CN(C)CC(=O)N1CCc2c1ccc(Nc1nccc(-c3cc(C#N)c4c(c3)C(C)(CO)CC4)n1)c2F. The third-order valence-corrected chi connectivity index (χ3v) is 7.34. The molecule has 0 saturated carbocycles. The molecule has 0 fully saturated rings. The van der Waals surface area contributed by atoms with E-state index >= 15 is 4.39 Å². The van der Waals surface area contributed by atoms with Crippen LogP contribution in [0.15, 0.2) is 36.5 Å². The van der Waals surface area contributed by atoms with Crippen LogP contribution >= 0.6 is 0 Å². The third-order valence-electron chi connectivity index (χ3n) is 7.34.